The minimum Gasteiger partial charge on any atom is -0.397 e. The van der Waals surface area contributed by atoms with Crippen LogP contribution in [0.4, 0.5) is 17.1 Å². The lowest BCUT2D eigenvalue weighted by Crippen LogP contribution is -2.37. The molecule has 0 unspecified atom stereocenters. The number of primary amides is 1. The van der Waals surface area contributed by atoms with E-state index >= 15 is 0 Å². The summed E-state index contributed by atoms with van der Waals surface area (Å²) in [4.78, 5) is 26.3. The van der Waals surface area contributed by atoms with E-state index < -0.39 is 0 Å². The molecule has 30 heavy (non-hydrogen) atoms. The number of anilines is 3. The molecule has 2 fully saturated rings. The zero-order chi connectivity index (χ0) is 21.3. The van der Waals surface area contributed by atoms with Crippen molar-refractivity contribution in [1.29, 1.82) is 0 Å². The number of ether oxygens (including phenoxy) is 1. The fourth-order valence-corrected chi connectivity index (χ4v) is 4.53. The molecule has 1 heterocycles. The molecule has 1 aliphatic heterocycles. The summed E-state index contributed by atoms with van der Waals surface area (Å²) in [5.74, 6) is 0.578. The van der Waals surface area contributed by atoms with Crippen molar-refractivity contribution in [2.45, 2.75) is 57.8 Å². The summed E-state index contributed by atoms with van der Waals surface area (Å²) in [6, 6.07) is 3.73. The Morgan fingerprint density at radius 2 is 1.83 bits per heavy atom. The normalized spacial score (nSPS) is 17.7. The lowest BCUT2D eigenvalue weighted by Gasteiger charge is -2.31. The number of hydrogen-bond donors (Lipinski definition) is 3. The Bertz CT molecular complexity index is 725. The van der Waals surface area contributed by atoms with Gasteiger partial charge in [-0.15, -0.1) is 0 Å². The van der Waals surface area contributed by atoms with Crippen molar-refractivity contribution in [2.75, 3.05) is 48.8 Å². The maximum Gasteiger partial charge on any atom is 0.219 e. The Morgan fingerprint density at radius 3 is 2.53 bits per heavy atom. The smallest absolute Gasteiger partial charge is 0.219 e. The van der Waals surface area contributed by atoms with Crippen LogP contribution in [0.25, 0.3) is 0 Å². The highest BCUT2D eigenvalue weighted by molar-refractivity contribution is 6.03. The van der Waals surface area contributed by atoms with E-state index in [1.54, 1.807) is 6.07 Å². The Labute approximate surface area is 179 Å². The highest BCUT2D eigenvalue weighted by Gasteiger charge is 2.22. The molecule has 1 aliphatic carbocycles. The Hall–Kier alpha value is -2.28. The van der Waals surface area contributed by atoms with Crippen LogP contribution in [0.5, 0.6) is 0 Å². The number of nitrogen functional groups attached to an aromatic ring is 1. The molecule has 1 amide bonds. The summed E-state index contributed by atoms with van der Waals surface area (Å²) < 4.78 is 5.48. The monoisotopic (exact) mass is 416 g/mol. The molecule has 1 aromatic rings. The number of benzene rings is 1. The number of hydrogen-bond acceptors (Lipinski definition) is 6. The van der Waals surface area contributed by atoms with E-state index in [1.807, 2.05) is 6.07 Å². The third kappa shape index (κ3) is 6.36. The van der Waals surface area contributed by atoms with Gasteiger partial charge in [0.15, 0.2) is 5.78 Å². The number of rotatable bonds is 10. The van der Waals surface area contributed by atoms with Crippen molar-refractivity contribution in [3.05, 3.63) is 17.7 Å². The van der Waals surface area contributed by atoms with Gasteiger partial charge in [-0.2, -0.15) is 0 Å². The quantitative estimate of drug-likeness (QED) is 0.399. The minimum absolute atomic E-state index is 0.155. The maximum atomic E-state index is 13.1. The minimum atomic E-state index is -0.362. The van der Waals surface area contributed by atoms with E-state index in [1.165, 1.54) is 32.1 Å². The van der Waals surface area contributed by atoms with Gasteiger partial charge in [0.25, 0.3) is 0 Å². The number of morpholine rings is 1. The topological polar surface area (TPSA) is 111 Å². The zero-order valence-corrected chi connectivity index (χ0v) is 18.0. The highest BCUT2D eigenvalue weighted by Crippen LogP contribution is 2.33. The van der Waals surface area contributed by atoms with Crippen molar-refractivity contribution >= 4 is 28.8 Å². The molecule has 0 spiro atoms. The van der Waals surface area contributed by atoms with Crippen LogP contribution in [0.3, 0.4) is 0 Å². The fourth-order valence-electron chi connectivity index (χ4n) is 4.53. The standard InChI is InChI=1S/C23H36N4O3/c24-19-15-18(22(28)8-4-7-17-5-2-1-3-6-17)21(27-11-13-30-14-12-27)16-20(19)26-10-9-23(25)29/h15-17,26H,1-14,24H2,(H2,25,29). The molecule has 1 aromatic carbocycles. The summed E-state index contributed by atoms with van der Waals surface area (Å²) in [5, 5.41) is 3.18. The van der Waals surface area contributed by atoms with Crippen LogP contribution in [0.2, 0.25) is 0 Å². The average molecular weight is 417 g/mol. The summed E-state index contributed by atoms with van der Waals surface area (Å²) >= 11 is 0. The van der Waals surface area contributed by atoms with Crippen LogP contribution in [-0.4, -0.2) is 44.5 Å². The maximum absolute atomic E-state index is 13.1. The van der Waals surface area contributed by atoms with Crippen LogP contribution in [0, 0.1) is 5.92 Å². The van der Waals surface area contributed by atoms with Gasteiger partial charge >= 0.3 is 0 Å². The number of Topliss-reactive ketones (excluding diaryl/α,β-unsaturated/α-hetero) is 1. The first kappa shape index (κ1) is 22.4. The first-order chi connectivity index (χ1) is 14.5. The highest BCUT2D eigenvalue weighted by atomic mass is 16.5. The SMILES string of the molecule is NC(=O)CCNc1cc(N2CCOCC2)c(C(=O)CCCC2CCCCC2)cc1N. The number of ketones is 1. The predicted molar refractivity (Wildman–Crippen MR) is 121 cm³/mol. The molecular formula is C23H36N4O3. The van der Waals surface area contributed by atoms with Gasteiger partial charge in [0.1, 0.15) is 0 Å². The number of nitrogens with zero attached hydrogens (tertiary/aromatic N) is 1. The summed E-state index contributed by atoms with van der Waals surface area (Å²) in [5.41, 5.74) is 14.3. The van der Waals surface area contributed by atoms with Crippen molar-refractivity contribution in [1.82, 2.24) is 0 Å². The van der Waals surface area contributed by atoms with Crippen molar-refractivity contribution in [2.24, 2.45) is 11.7 Å². The summed E-state index contributed by atoms with van der Waals surface area (Å²) in [6.07, 6.45) is 9.51. The molecule has 166 valence electrons. The van der Waals surface area contributed by atoms with Gasteiger partial charge in [-0.3, -0.25) is 9.59 Å². The van der Waals surface area contributed by atoms with Crippen LogP contribution in [0.15, 0.2) is 12.1 Å². The van der Waals surface area contributed by atoms with Gasteiger partial charge in [-0.05, 0) is 24.5 Å². The number of nitrogens with two attached hydrogens (primary N) is 2. The summed E-state index contributed by atoms with van der Waals surface area (Å²) in [6.45, 7) is 3.19. The van der Waals surface area contributed by atoms with Crippen molar-refractivity contribution in [3.63, 3.8) is 0 Å². The number of amides is 1. The first-order valence-electron chi connectivity index (χ1n) is 11.4. The Morgan fingerprint density at radius 1 is 1.10 bits per heavy atom. The number of carbonyl (C=O) groups excluding carboxylic acids is 2. The Balaban J connectivity index is 1.70. The third-order valence-corrected chi connectivity index (χ3v) is 6.25. The molecule has 0 aromatic heterocycles. The lowest BCUT2D eigenvalue weighted by molar-refractivity contribution is -0.117. The average Bonchev–Trinajstić information content (AvgIpc) is 2.75. The molecule has 1 saturated heterocycles. The molecule has 0 atom stereocenters. The second-order valence-electron chi connectivity index (χ2n) is 8.52. The fraction of sp³-hybridized carbons (Fsp3) is 0.652. The van der Waals surface area contributed by atoms with Crippen molar-refractivity contribution < 1.29 is 14.3 Å². The number of nitrogens with one attached hydrogen (secondary N) is 1. The van der Waals surface area contributed by atoms with Crippen LogP contribution >= 0.6 is 0 Å². The second-order valence-corrected chi connectivity index (χ2v) is 8.52. The van der Waals surface area contributed by atoms with Gasteiger partial charge in [0, 0.05) is 43.7 Å². The van der Waals surface area contributed by atoms with E-state index in [0.29, 0.717) is 37.4 Å². The van der Waals surface area contributed by atoms with Gasteiger partial charge in [0.2, 0.25) is 5.91 Å². The van der Waals surface area contributed by atoms with E-state index in [0.717, 1.165) is 43.2 Å². The molecule has 2 aliphatic rings. The second kappa shape index (κ2) is 11.2. The molecule has 7 nitrogen and oxygen atoms in total. The molecule has 3 rings (SSSR count). The molecule has 5 N–H and O–H groups in total. The summed E-state index contributed by atoms with van der Waals surface area (Å²) in [7, 11) is 0. The zero-order valence-electron chi connectivity index (χ0n) is 18.0. The van der Waals surface area contributed by atoms with Crippen LogP contribution in [0.1, 0.15) is 68.1 Å². The molecule has 0 bridgehead atoms. The third-order valence-electron chi connectivity index (χ3n) is 6.25. The molecule has 7 heteroatoms. The lowest BCUT2D eigenvalue weighted by atomic mass is 9.85. The Kier molecular flexibility index (Phi) is 8.37. The van der Waals surface area contributed by atoms with Gasteiger partial charge in [0.05, 0.1) is 24.6 Å². The van der Waals surface area contributed by atoms with Crippen molar-refractivity contribution in [3.8, 4) is 0 Å². The number of carbonyl (C=O) groups is 2. The van der Waals surface area contributed by atoms with Crippen LogP contribution in [-0.2, 0) is 9.53 Å². The molecular weight excluding hydrogens is 380 g/mol. The first-order valence-corrected chi connectivity index (χ1v) is 11.4. The molecule has 0 radical (unpaired) electrons. The van der Waals surface area contributed by atoms with E-state index in [2.05, 4.69) is 10.2 Å². The van der Waals surface area contributed by atoms with E-state index in [-0.39, 0.29) is 18.1 Å². The molecule has 1 saturated carbocycles. The largest absolute Gasteiger partial charge is 0.397 e. The van der Waals surface area contributed by atoms with Gasteiger partial charge < -0.3 is 26.4 Å². The van der Waals surface area contributed by atoms with Gasteiger partial charge in [-0.25, -0.2) is 0 Å². The van der Waals surface area contributed by atoms with Gasteiger partial charge in [-0.1, -0.05) is 38.5 Å². The van der Waals surface area contributed by atoms with E-state index in [9.17, 15) is 9.59 Å². The van der Waals surface area contributed by atoms with E-state index in [4.69, 9.17) is 16.2 Å². The van der Waals surface area contributed by atoms with Crippen LogP contribution < -0.4 is 21.7 Å². The predicted octanol–water partition coefficient (Wildman–Crippen LogP) is 3.33.